The van der Waals surface area contributed by atoms with E-state index < -0.39 is 24.5 Å². The lowest BCUT2D eigenvalue weighted by Gasteiger charge is -2.12. The summed E-state index contributed by atoms with van der Waals surface area (Å²) >= 11 is 0. The molecule has 8 heteroatoms. The van der Waals surface area contributed by atoms with Crippen molar-refractivity contribution in [1.82, 2.24) is 10.6 Å². The molecule has 0 spiro atoms. The van der Waals surface area contributed by atoms with Gasteiger partial charge in [0.1, 0.15) is 11.5 Å². The van der Waals surface area contributed by atoms with Gasteiger partial charge in [0.2, 0.25) is 0 Å². The van der Waals surface area contributed by atoms with Crippen LogP contribution in [0.2, 0.25) is 0 Å². The predicted molar refractivity (Wildman–Crippen MR) is 86.3 cm³/mol. The third-order valence-corrected chi connectivity index (χ3v) is 3.16. The minimum Gasteiger partial charge on any atom is -0.497 e. The first-order valence-corrected chi connectivity index (χ1v) is 7.40. The van der Waals surface area contributed by atoms with Crippen LogP contribution < -0.4 is 20.1 Å². The van der Waals surface area contributed by atoms with Crippen molar-refractivity contribution in [3.63, 3.8) is 0 Å². The number of imide groups is 1. The largest absolute Gasteiger partial charge is 0.497 e. The zero-order valence-corrected chi connectivity index (χ0v) is 14.2. The number of hydrogen-bond acceptors (Lipinski definition) is 6. The number of urea groups is 1. The van der Waals surface area contributed by atoms with Gasteiger partial charge in [-0.05, 0) is 25.5 Å². The van der Waals surface area contributed by atoms with E-state index in [1.54, 1.807) is 13.0 Å². The van der Waals surface area contributed by atoms with Gasteiger partial charge in [-0.2, -0.15) is 0 Å². The number of esters is 1. The maximum Gasteiger partial charge on any atom is 0.338 e. The molecule has 0 aliphatic carbocycles. The lowest BCUT2D eigenvalue weighted by molar-refractivity contribution is -0.123. The van der Waals surface area contributed by atoms with Crippen molar-refractivity contribution in [2.24, 2.45) is 0 Å². The van der Waals surface area contributed by atoms with Crippen molar-refractivity contribution in [3.8, 4) is 11.5 Å². The second-order valence-electron chi connectivity index (χ2n) is 5.01. The fraction of sp³-hybridized carbons (Fsp3) is 0.438. The molecule has 2 N–H and O–H groups in total. The Morgan fingerprint density at radius 2 is 1.67 bits per heavy atom. The molecule has 1 atom stereocenters. The summed E-state index contributed by atoms with van der Waals surface area (Å²) < 4.78 is 15.0. The number of ether oxygens (including phenoxy) is 3. The van der Waals surface area contributed by atoms with Crippen LogP contribution in [0.25, 0.3) is 0 Å². The third-order valence-electron chi connectivity index (χ3n) is 3.16. The number of benzene rings is 1. The Labute approximate surface area is 140 Å². The first-order chi connectivity index (χ1) is 11.4. The Hall–Kier alpha value is -2.77. The van der Waals surface area contributed by atoms with E-state index in [-0.39, 0.29) is 11.6 Å². The average Bonchev–Trinajstić information content (AvgIpc) is 2.58. The maximum absolute atomic E-state index is 12.0. The number of carbonyl (C=O) groups excluding carboxylic acids is 3. The molecule has 1 aromatic carbocycles. The third kappa shape index (κ3) is 6.15. The number of hydrogen-bond donors (Lipinski definition) is 2. The summed E-state index contributed by atoms with van der Waals surface area (Å²) in [4.78, 5) is 35.1. The summed E-state index contributed by atoms with van der Waals surface area (Å²) in [7, 11) is 2.90. The first kappa shape index (κ1) is 19.3. The van der Waals surface area contributed by atoms with E-state index in [1.165, 1.54) is 26.4 Å². The second-order valence-corrected chi connectivity index (χ2v) is 5.01. The van der Waals surface area contributed by atoms with E-state index in [2.05, 4.69) is 10.6 Å². The Morgan fingerprint density at radius 3 is 2.17 bits per heavy atom. The van der Waals surface area contributed by atoms with Gasteiger partial charge < -0.3 is 19.5 Å². The zero-order chi connectivity index (χ0) is 18.1. The molecule has 0 heterocycles. The van der Waals surface area contributed by atoms with Crippen LogP contribution in [-0.4, -0.2) is 44.8 Å². The van der Waals surface area contributed by atoms with Crippen LogP contribution in [-0.2, 0) is 9.53 Å². The molecular formula is C16H22N2O6. The normalized spacial score (nSPS) is 11.2. The van der Waals surface area contributed by atoms with Crippen LogP contribution in [0, 0.1) is 0 Å². The monoisotopic (exact) mass is 338 g/mol. The molecule has 0 aliphatic rings. The van der Waals surface area contributed by atoms with Gasteiger partial charge in [-0.1, -0.05) is 6.92 Å². The van der Waals surface area contributed by atoms with Gasteiger partial charge >= 0.3 is 12.0 Å². The molecule has 0 saturated heterocycles. The summed E-state index contributed by atoms with van der Waals surface area (Å²) in [6, 6.07) is 3.82. The summed E-state index contributed by atoms with van der Waals surface area (Å²) in [6.07, 6.45) is 0.730. The van der Waals surface area contributed by atoms with E-state index >= 15 is 0 Å². The molecule has 0 aliphatic heterocycles. The molecule has 0 saturated carbocycles. The highest BCUT2D eigenvalue weighted by Crippen LogP contribution is 2.22. The van der Waals surface area contributed by atoms with Gasteiger partial charge in [-0.3, -0.25) is 10.1 Å². The van der Waals surface area contributed by atoms with Gasteiger partial charge in [0, 0.05) is 12.1 Å². The number of rotatable bonds is 7. The van der Waals surface area contributed by atoms with Crippen LogP contribution in [0.1, 0.15) is 30.6 Å². The molecular weight excluding hydrogens is 316 g/mol. The van der Waals surface area contributed by atoms with Crippen LogP contribution in [0.5, 0.6) is 11.5 Å². The molecule has 0 bridgehead atoms. The molecule has 8 nitrogen and oxygen atoms in total. The molecule has 0 unspecified atom stereocenters. The molecule has 3 amide bonds. The van der Waals surface area contributed by atoms with Gasteiger partial charge in [-0.25, -0.2) is 9.59 Å². The number of methoxy groups -OCH3 is 2. The molecule has 0 radical (unpaired) electrons. The van der Waals surface area contributed by atoms with Gasteiger partial charge in [0.25, 0.3) is 5.91 Å². The lowest BCUT2D eigenvalue weighted by Crippen LogP contribution is -2.44. The van der Waals surface area contributed by atoms with Crippen molar-refractivity contribution >= 4 is 17.9 Å². The van der Waals surface area contributed by atoms with E-state index in [1.807, 2.05) is 6.92 Å². The van der Waals surface area contributed by atoms with E-state index in [0.29, 0.717) is 11.5 Å². The van der Waals surface area contributed by atoms with E-state index in [0.717, 1.165) is 6.42 Å². The molecule has 0 aromatic heterocycles. The maximum atomic E-state index is 12.0. The van der Waals surface area contributed by atoms with Gasteiger partial charge in [0.15, 0.2) is 6.61 Å². The number of amides is 3. The number of carbonyl (C=O) groups is 3. The molecule has 24 heavy (non-hydrogen) atoms. The summed E-state index contributed by atoms with van der Waals surface area (Å²) in [5.41, 5.74) is 0.169. The molecule has 1 rings (SSSR count). The van der Waals surface area contributed by atoms with Crippen molar-refractivity contribution < 1.29 is 28.6 Å². The average molecular weight is 338 g/mol. The van der Waals surface area contributed by atoms with E-state index in [4.69, 9.17) is 14.2 Å². The van der Waals surface area contributed by atoms with Crippen molar-refractivity contribution in [2.75, 3.05) is 20.8 Å². The zero-order valence-electron chi connectivity index (χ0n) is 14.2. The lowest BCUT2D eigenvalue weighted by atomic mass is 10.2. The first-order valence-electron chi connectivity index (χ1n) is 7.40. The van der Waals surface area contributed by atoms with Crippen LogP contribution >= 0.6 is 0 Å². The quantitative estimate of drug-likeness (QED) is 0.730. The fourth-order valence-corrected chi connectivity index (χ4v) is 1.66. The highest BCUT2D eigenvalue weighted by Gasteiger charge is 2.15. The highest BCUT2D eigenvalue weighted by atomic mass is 16.5. The Morgan fingerprint density at radius 1 is 1.08 bits per heavy atom. The Balaban J connectivity index is 2.56. The molecule has 1 aromatic rings. The smallest absolute Gasteiger partial charge is 0.338 e. The van der Waals surface area contributed by atoms with Gasteiger partial charge in [0.05, 0.1) is 19.8 Å². The van der Waals surface area contributed by atoms with Crippen LogP contribution in [0.15, 0.2) is 18.2 Å². The standard InChI is InChI=1S/C16H22N2O6/c1-5-10(2)17-16(21)18-14(19)9-24-15(20)11-6-12(22-3)8-13(7-11)23-4/h6-8,10H,5,9H2,1-4H3,(H2,17,18,19,21)/t10-/m1/s1. The summed E-state index contributed by atoms with van der Waals surface area (Å²) in [5.74, 6) is -0.624. The highest BCUT2D eigenvalue weighted by molar-refractivity contribution is 5.97. The number of nitrogens with one attached hydrogen (secondary N) is 2. The minimum absolute atomic E-state index is 0.0652. The van der Waals surface area contributed by atoms with Crippen molar-refractivity contribution in [1.29, 1.82) is 0 Å². The minimum atomic E-state index is -0.732. The topological polar surface area (TPSA) is 103 Å². The van der Waals surface area contributed by atoms with Crippen LogP contribution in [0.3, 0.4) is 0 Å². The summed E-state index contributed by atoms with van der Waals surface area (Å²) in [6.45, 7) is 3.13. The molecule has 132 valence electrons. The fourth-order valence-electron chi connectivity index (χ4n) is 1.66. The van der Waals surface area contributed by atoms with Crippen molar-refractivity contribution in [3.05, 3.63) is 23.8 Å². The summed E-state index contributed by atoms with van der Waals surface area (Å²) in [5, 5.41) is 4.65. The second kappa shape index (κ2) is 9.39. The predicted octanol–water partition coefficient (Wildman–Crippen LogP) is 1.48. The van der Waals surface area contributed by atoms with Crippen molar-refractivity contribution in [2.45, 2.75) is 26.3 Å². The SMILES string of the molecule is CC[C@@H](C)NC(=O)NC(=O)COC(=O)c1cc(OC)cc(OC)c1. The van der Waals surface area contributed by atoms with Gasteiger partial charge in [-0.15, -0.1) is 0 Å². The molecule has 0 fully saturated rings. The van der Waals surface area contributed by atoms with E-state index in [9.17, 15) is 14.4 Å². The Bertz CT molecular complexity index is 580. The van der Waals surface area contributed by atoms with Crippen LogP contribution in [0.4, 0.5) is 4.79 Å². The Kier molecular flexibility index (Phi) is 7.54.